The number of carbonyl (C=O) groups excluding carboxylic acids is 2. The number of carbonyl (C=O) groups is 2. The quantitative estimate of drug-likeness (QED) is 0.512. The van der Waals surface area contributed by atoms with E-state index in [-0.39, 0.29) is 9.95 Å². The molecule has 29 heavy (non-hydrogen) atoms. The van der Waals surface area contributed by atoms with E-state index in [1.807, 2.05) is 0 Å². The van der Waals surface area contributed by atoms with Crippen molar-refractivity contribution in [1.29, 1.82) is 0 Å². The molecule has 1 aromatic heterocycles. The van der Waals surface area contributed by atoms with E-state index in [0.717, 1.165) is 18.2 Å². The largest absolute Gasteiger partial charge is 0.465 e. The van der Waals surface area contributed by atoms with Crippen LogP contribution in [0.25, 0.3) is 10.9 Å². The highest BCUT2D eigenvalue weighted by Gasteiger charge is 2.65. The Morgan fingerprint density at radius 2 is 1.34 bits per heavy atom. The molecule has 2 rings (SSSR count). The Hall–Kier alpha value is -2.80. The van der Waals surface area contributed by atoms with Crippen LogP contribution in [0.5, 0.6) is 0 Å². The van der Waals surface area contributed by atoms with E-state index in [1.165, 1.54) is 6.07 Å². The summed E-state index contributed by atoms with van der Waals surface area (Å²) in [7, 11) is 0. The zero-order valence-electron chi connectivity index (χ0n) is 13.5. The SMILES string of the molecule is O=C(OCc1cn(C(=O)C(F)(F)C(F)(F)F)c2ccccc12)C(F)(F)C(F)(F)F. The average molecular weight is 439 g/mol. The molecule has 1 heterocycles. The van der Waals surface area contributed by atoms with Crippen LogP contribution >= 0.6 is 0 Å². The molecule has 0 spiro atoms. The first-order valence-corrected chi connectivity index (χ1v) is 7.22. The smallest absolute Gasteiger partial charge is 0.456 e. The van der Waals surface area contributed by atoms with Gasteiger partial charge in [-0.25, -0.2) is 4.79 Å². The third-order valence-corrected chi connectivity index (χ3v) is 3.61. The molecule has 0 radical (unpaired) electrons. The zero-order valence-corrected chi connectivity index (χ0v) is 13.5. The summed E-state index contributed by atoms with van der Waals surface area (Å²) in [6.07, 6.45) is -12.2. The van der Waals surface area contributed by atoms with E-state index in [1.54, 1.807) is 0 Å². The van der Waals surface area contributed by atoms with Gasteiger partial charge in [-0.3, -0.25) is 9.36 Å². The van der Waals surface area contributed by atoms with Gasteiger partial charge in [0.25, 0.3) is 0 Å². The number of alkyl halides is 10. The molecule has 0 saturated heterocycles. The lowest BCUT2D eigenvalue weighted by Gasteiger charge is -2.18. The third kappa shape index (κ3) is 3.87. The van der Waals surface area contributed by atoms with Gasteiger partial charge in [-0.2, -0.15) is 43.9 Å². The Morgan fingerprint density at radius 1 is 0.828 bits per heavy atom. The van der Waals surface area contributed by atoms with Crippen LogP contribution < -0.4 is 0 Å². The van der Waals surface area contributed by atoms with Crippen molar-refractivity contribution >= 4 is 22.8 Å². The van der Waals surface area contributed by atoms with Crippen LogP contribution in [0.1, 0.15) is 10.4 Å². The standard InChI is InChI=1S/C15H7F10NO3/c16-12(17,14(20,21)22)10(27)26-5-7(8-3-1-2-4-9(8)26)6-29-11(28)13(18,19)15(23,24)25/h1-5H,6H2. The summed E-state index contributed by atoms with van der Waals surface area (Å²) < 4.78 is 130. The predicted molar refractivity (Wildman–Crippen MR) is 74.4 cm³/mol. The van der Waals surface area contributed by atoms with Crippen LogP contribution in [0.15, 0.2) is 30.5 Å². The third-order valence-electron chi connectivity index (χ3n) is 3.61. The number of hydrogen-bond acceptors (Lipinski definition) is 3. The number of para-hydroxylation sites is 1. The van der Waals surface area contributed by atoms with Crippen molar-refractivity contribution < 1.29 is 58.2 Å². The van der Waals surface area contributed by atoms with E-state index in [4.69, 9.17) is 0 Å². The highest BCUT2D eigenvalue weighted by molar-refractivity contribution is 5.97. The van der Waals surface area contributed by atoms with Crippen molar-refractivity contribution in [3.8, 4) is 0 Å². The molecule has 0 aliphatic heterocycles. The van der Waals surface area contributed by atoms with E-state index >= 15 is 0 Å². The fraction of sp³-hybridized carbons (Fsp3) is 0.333. The highest BCUT2D eigenvalue weighted by Crippen LogP contribution is 2.39. The van der Waals surface area contributed by atoms with Crippen molar-refractivity contribution in [3.05, 3.63) is 36.0 Å². The van der Waals surface area contributed by atoms with Crippen molar-refractivity contribution in [2.24, 2.45) is 0 Å². The first-order chi connectivity index (χ1) is 13.0. The van der Waals surface area contributed by atoms with E-state index in [9.17, 15) is 53.5 Å². The van der Waals surface area contributed by atoms with Gasteiger partial charge in [0.1, 0.15) is 6.61 Å². The molecule has 0 atom stereocenters. The number of fused-ring (bicyclic) bond motifs is 1. The van der Waals surface area contributed by atoms with Crippen LogP contribution in [0.2, 0.25) is 0 Å². The Balaban J connectivity index is 2.41. The number of benzene rings is 1. The minimum Gasteiger partial charge on any atom is -0.456 e. The summed E-state index contributed by atoms with van der Waals surface area (Å²) in [5.74, 6) is -17.5. The number of halogens is 10. The lowest BCUT2D eigenvalue weighted by Crippen LogP contribution is -2.46. The van der Waals surface area contributed by atoms with E-state index in [2.05, 4.69) is 4.74 Å². The van der Waals surface area contributed by atoms with Crippen LogP contribution in [-0.4, -0.2) is 40.6 Å². The Labute approximate surface area is 153 Å². The van der Waals surface area contributed by atoms with Gasteiger partial charge in [0.2, 0.25) is 0 Å². The van der Waals surface area contributed by atoms with Crippen LogP contribution in [-0.2, 0) is 16.1 Å². The van der Waals surface area contributed by atoms with Crippen LogP contribution in [0.4, 0.5) is 43.9 Å². The molecule has 14 heteroatoms. The van der Waals surface area contributed by atoms with E-state index in [0.29, 0.717) is 6.20 Å². The molecule has 0 fully saturated rings. The van der Waals surface area contributed by atoms with Gasteiger partial charge >= 0.3 is 36.1 Å². The average Bonchev–Trinajstić information content (AvgIpc) is 2.95. The van der Waals surface area contributed by atoms with Crippen molar-refractivity contribution in [2.45, 2.75) is 30.8 Å². The molecule has 0 N–H and O–H groups in total. The topological polar surface area (TPSA) is 48.3 Å². The Kier molecular flexibility index (Phi) is 5.36. The Morgan fingerprint density at radius 3 is 1.86 bits per heavy atom. The number of esters is 1. The fourth-order valence-corrected chi connectivity index (χ4v) is 2.16. The summed E-state index contributed by atoms with van der Waals surface area (Å²) >= 11 is 0. The zero-order chi connectivity index (χ0) is 22.4. The molecular formula is C15H7F10NO3. The second kappa shape index (κ2) is 6.91. The fourth-order valence-electron chi connectivity index (χ4n) is 2.16. The molecule has 4 nitrogen and oxygen atoms in total. The van der Waals surface area contributed by atoms with Crippen LogP contribution in [0.3, 0.4) is 0 Å². The molecule has 160 valence electrons. The van der Waals surface area contributed by atoms with Gasteiger partial charge in [-0.05, 0) is 6.07 Å². The van der Waals surface area contributed by atoms with Gasteiger partial charge in [0.05, 0.1) is 5.52 Å². The molecule has 0 amide bonds. The first-order valence-electron chi connectivity index (χ1n) is 7.22. The maximum absolute atomic E-state index is 13.3. The number of hydrogen-bond donors (Lipinski definition) is 0. The van der Waals surface area contributed by atoms with Crippen molar-refractivity contribution in [2.75, 3.05) is 0 Å². The summed E-state index contributed by atoms with van der Waals surface area (Å²) in [5, 5.41) is -0.290. The van der Waals surface area contributed by atoms with Crippen molar-refractivity contribution in [3.63, 3.8) is 0 Å². The second-order valence-corrected chi connectivity index (χ2v) is 5.57. The van der Waals surface area contributed by atoms with Gasteiger partial charge in [0.15, 0.2) is 0 Å². The highest BCUT2D eigenvalue weighted by atomic mass is 19.4. The van der Waals surface area contributed by atoms with Crippen LogP contribution in [0, 0.1) is 0 Å². The van der Waals surface area contributed by atoms with Gasteiger partial charge in [-0.1, -0.05) is 18.2 Å². The monoisotopic (exact) mass is 439 g/mol. The summed E-state index contributed by atoms with van der Waals surface area (Å²) in [6, 6.07) is 4.28. The minimum atomic E-state index is -6.27. The lowest BCUT2D eigenvalue weighted by molar-refractivity contribution is -0.281. The van der Waals surface area contributed by atoms with Gasteiger partial charge < -0.3 is 4.74 Å². The van der Waals surface area contributed by atoms with Crippen molar-refractivity contribution in [1.82, 2.24) is 4.57 Å². The molecule has 0 bridgehead atoms. The first kappa shape index (κ1) is 22.5. The molecule has 0 unspecified atom stereocenters. The lowest BCUT2D eigenvalue weighted by atomic mass is 10.2. The second-order valence-electron chi connectivity index (χ2n) is 5.57. The number of nitrogens with zero attached hydrogens (tertiary/aromatic N) is 1. The molecule has 0 aliphatic rings. The maximum atomic E-state index is 13.3. The summed E-state index contributed by atoms with van der Waals surface area (Å²) in [4.78, 5) is 22.7. The number of ether oxygens (including phenoxy) is 1. The maximum Gasteiger partial charge on any atom is 0.465 e. The summed E-state index contributed by atoms with van der Waals surface area (Å²) in [6.45, 7) is -1.36. The number of rotatable bonds is 4. The normalized spacial score (nSPS) is 13.6. The number of aromatic nitrogens is 1. The van der Waals surface area contributed by atoms with Gasteiger partial charge in [-0.15, -0.1) is 0 Å². The minimum absolute atomic E-state index is 0.159. The van der Waals surface area contributed by atoms with E-state index < -0.39 is 53.8 Å². The molecule has 2 aromatic rings. The predicted octanol–water partition coefficient (Wildman–Crippen LogP) is 4.72. The Bertz CT molecular complexity index is 942. The molecule has 0 saturated carbocycles. The molecular weight excluding hydrogens is 432 g/mol. The molecule has 0 aliphatic carbocycles. The van der Waals surface area contributed by atoms with Gasteiger partial charge in [0, 0.05) is 17.1 Å². The molecule has 1 aromatic carbocycles. The summed E-state index contributed by atoms with van der Waals surface area (Å²) in [5.41, 5.74) is -1.10.